The van der Waals surface area contributed by atoms with E-state index >= 15 is 0 Å². The van der Waals surface area contributed by atoms with Crippen molar-refractivity contribution in [1.82, 2.24) is 15.0 Å². The molecule has 1 heterocycles. The van der Waals surface area contributed by atoms with Gasteiger partial charge in [-0.05, 0) is 0 Å². The Morgan fingerprint density at radius 2 is 1.46 bits per heavy atom. The first-order chi connectivity index (χ1) is 13.7. The van der Waals surface area contributed by atoms with Crippen LogP contribution in [-0.2, 0) is 6.54 Å². The number of benzene rings is 1. The van der Waals surface area contributed by atoms with Gasteiger partial charge in [-0.3, -0.25) is 0 Å². The van der Waals surface area contributed by atoms with Gasteiger partial charge in [-0.25, -0.2) is 0 Å². The molecule has 3 nitrogen and oxygen atoms in total. The average Bonchev–Trinajstić information content (AvgIpc) is 3.49. The Morgan fingerprint density at radius 1 is 0.893 bits per heavy atom. The van der Waals surface area contributed by atoms with Gasteiger partial charge in [0.1, 0.15) is 0 Å². The Morgan fingerprint density at radius 3 is 1.96 bits per heavy atom. The van der Waals surface area contributed by atoms with E-state index in [1.807, 2.05) is 0 Å². The molecule has 1 aliphatic rings. The van der Waals surface area contributed by atoms with Gasteiger partial charge in [0.25, 0.3) is 0 Å². The quantitative estimate of drug-likeness (QED) is 0.312. The van der Waals surface area contributed by atoms with Crippen LogP contribution in [0.2, 0.25) is 13.3 Å². The van der Waals surface area contributed by atoms with Crippen LogP contribution in [0.4, 0.5) is 0 Å². The van der Waals surface area contributed by atoms with Crippen LogP contribution in [0.1, 0.15) is 89.3 Å². The molecule has 2 aromatic rings. The first kappa shape index (κ1) is 21.9. The molecule has 1 aliphatic carbocycles. The molecule has 4 heteroatoms. The van der Waals surface area contributed by atoms with E-state index in [1.165, 1.54) is 70.2 Å². The normalized spacial score (nSPS) is 14.5. The Hall–Kier alpha value is -0.841. The first-order valence-electron chi connectivity index (χ1n) is 11.7. The van der Waals surface area contributed by atoms with Gasteiger partial charge in [0.05, 0.1) is 0 Å². The van der Waals surface area contributed by atoms with Crippen LogP contribution >= 0.6 is 0 Å². The molecule has 0 aliphatic heterocycles. The summed E-state index contributed by atoms with van der Waals surface area (Å²) in [4.78, 5) is 0. The summed E-state index contributed by atoms with van der Waals surface area (Å²) in [6.45, 7) is 7.94. The molecular formula is C24H39N3Sn. The van der Waals surface area contributed by atoms with E-state index < -0.39 is 18.4 Å². The summed E-state index contributed by atoms with van der Waals surface area (Å²) in [6.07, 6.45) is 10.8. The molecule has 154 valence electrons. The predicted molar refractivity (Wildman–Crippen MR) is 122 cm³/mol. The molecule has 3 rings (SSSR count). The van der Waals surface area contributed by atoms with Crippen molar-refractivity contribution in [1.29, 1.82) is 0 Å². The molecule has 1 aromatic carbocycles. The van der Waals surface area contributed by atoms with Crippen LogP contribution in [-0.4, -0.2) is 33.4 Å². The van der Waals surface area contributed by atoms with Crippen LogP contribution in [0.3, 0.4) is 0 Å². The van der Waals surface area contributed by atoms with Gasteiger partial charge in [0.15, 0.2) is 0 Å². The number of nitrogens with zero attached hydrogens (tertiary/aromatic N) is 3. The topological polar surface area (TPSA) is 30.7 Å². The molecule has 0 radical (unpaired) electrons. The van der Waals surface area contributed by atoms with Gasteiger partial charge in [-0.15, -0.1) is 0 Å². The van der Waals surface area contributed by atoms with Crippen molar-refractivity contribution in [2.45, 2.75) is 97.9 Å². The van der Waals surface area contributed by atoms with E-state index in [0.29, 0.717) is 0 Å². The van der Waals surface area contributed by atoms with Gasteiger partial charge in [-0.1, -0.05) is 0 Å². The van der Waals surface area contributed by atoms with Gasteiger partial charge in [-0.2, -0.15) is 0 Å². The average molecular weight is 488 g/mol. The maximum absolute atomic E-state index is 5.01. The molecule has 0 bridgehead atoms. The van der Waals surface area contributed by atoms with E-state index in [1.54, 1.807) is 9.40 Å². The standard InChI is InChI=1S/C12H12N3.3C4H9.Sn/c1-2-4-10(5-3-1)9-15-12(8-13-14-15)11-6-7-11;3*1-3-4-2;/h1-5,11H,6-7,9H2;3*1,3-4H2,2H3;. The summed E-state index contributed by atoms with van der Waals surface area (Å²) < 4.78 is 8.31. The molecular weight excluding hydrogens is 449 g/mol. The zero-order valence-corrected chi connectivity index (χ0v) is 21.1. The Labute approximate surface area is 176 Å². The fourth-order valence-electron chi connectivity index (χ4n) is 4.61. The molecule has 1 fully saturated rings. The molecule has 0 atom stereocenters. The molecule has 0 saturated heterocycles. The van der Waals surface area contributed by atoms with Crippen LogP contribution in [0.5, 0.6) is 0 Å². The third-order valence-electron chi connectivity index (χ3n) is 6.44. The number of hydrogen-bond acceptors (Lipinski definition) is 2. The molecule has 0 amide bonds. The fraction of sp³-hybridized carbons (Fsp3) is 0.667. The van der Waals surface area contributed by atoms with Gasteiger partial charge in [0, 0.05) is 0 Å². The summed E-state index contributed by atoms with van der Waals surface area (Å²) in [5, 5.41) is 9.79. The molecule has 1 aromatic heterocycles. The maximum atomic E-state index is 5.01. The third kappa shape index (κ3) is 5.40. The zero-order valence-electron chi connectivity index (χ0n) is 18.3. The Kier molecular flexibility index (Phi) is 8.43. The van der Waals surface area contributed by atoms with Crippen molar-refractivity contribution in [2.75, 3.05) is 0 Å². The number of hydrogen-bond donors (Lipinski definition) is 0. The second-order valence-electron chi connectivity index (χ2n) is 8.83. The van der Waals surface area contributed by atoms with Crippen molar-refractivity contribution in [2.24, 2.45) is 0 Å². The zero-order chi connectivity index (χ0) is 19.8. The Bertz CT molecular complexity index is 684. The van der Waals surface area contributed by atoms with Crippen LogP contribution in [0.15, 0.2) is 30.3 Å². The van der Waals surface area contributed by atoms with Gasteiger partial charge in [0.2, 0.25) is 0 Å². The van der Waals surface area contributed by atoms with Crippen LogP contribution in [0.25, 0.3) is 0 Å². The van der Waals surface area contributed by atoms with Gasteiger partial charge < -0.3 is 0 Å². The monoisotopic (exact) mass is 489 g/mol. The molecule has 0 N–H and O–H groups in total. The summed E-state index contributed by atoms with van der Waals surface area (Å²) in [6, 6.07) is 10.8. The second kappa shape index (κ2) is 10.8. The molecule has 1 saturated carbocycles. The van der Waals surface area contributed by atoms with Crippen molar-refractivity contribution in [3.8, 4) is 0 Å². The van der Waals surface area contributed by atoms with Crippen LogP contribution in [0, 0.1) is 0 Å². The summed E-state index contributed by atoms with van der Waals surface area (Å²) in [5.41, 5.74) is 2.90. The van der Waals surface area contributed by atoms with E-state index in [4.69, 9.17) is 10.3 Å². The third-order valence-corrected chi connectivity index (χ3v) is 21.5. The molecule has 0 spiro atoms. The van der Waals surface area contributed by atoms with E-state index in [0.717, 1.165) is 12.5 Å². The minimum absolute atomic E-state index is 0.731. The van der Waals surface area contributed by atoms with E-state index in [2.05, 4.69) is 55.8 Å². The minimum atomic E-state index is -2.53. The molecule has 28 heavy (non-hydrogen) atoms. The first-order valence-corrected chi connectivity index (χ1v) is 19.2. The molecule has 0 unspecified atom stereocenters. The van der Waals surface area contributed by atoms with Crippen molar-refractivity contribution in [3.05, 3.63) is 41.6 Å². The van der Waals surface area contributed by atoms with E-state index in [-0.39, 0.29) is 0 Å². The van der Waals surface area contributed by atoms with Crippen LogP contribution < -0.4 is 3.71 Å². The SMILES string of the molecule is CCC[CH2][Sn]([CH2]CCC)([CH2]CCC)[c]1nnn(Cc2ccccc2)c1C1CC1. The number of unbranched alkanes of at least 4 members (excludes halogenated alkanes) is 3. The van der Waals surface area contributed by atoms with Crippen molar-refractivity contribution in [3.63, 3.8) is 0 Å². The van der Waals surface area contributed by atoms with E-state index in [9.17, 15) is 0 Å². The number of rotatable bonds is 13. The van der Waals surface area contributed by atoms with Crippen molar-refractivity contribution >= 4 is 22.1 Å². The predicted octanol–water partition coefficient (Wildman–Crippen LogP) is 6.26. The summed E-state index contributed by atoms with van der Waals surface area (Å²) in [7, 11) is 0. The second-order valence-corrected chi connectivity index (χ2v) is 21.8. The van der Waals surface area contributed by atoms with Crippen molar-refractivity contribution < 1.29 is 0 Å². The van der Waals surface area contributed by atoms with Gasteiger partial charge >= 0.3 is 177 Å². The summed E-state index contributed by atoms with van der Waals surface area (Å²) >= 11 is -2.53. The number of aromatic nitrogens is 3. The Balaban J connectivity index is 1.97. The summed E-state index contributed by atoms with van der Waals surface area (Å²) in [5.74, 6) is 0.731. The fourth-order valence-corrected chi connectivity index (χ4v) is 20.8.